The Morgan fingerprint density at radius 2 is 2.08 bits per heavy atom. The highest BCUT2D eigenvalue weighted by molar-refractivity contribution is 5.87. The maximum atomic E-state index is 11.1. The molecule has 1 atom stereocenters. The van der Waals surface area contributed by atoms with E-state index in [4.69, 9.17) is 11.5 Å². The average molecular weight is 187 g/mol. The third-order valence-electron chi connectivity index (χ3n) is 1.59. The molecule has 5 N–H and O–H groups in total. The first-order valence-electron chi connectivity index (χ1n) is 4.39. The highest BCUT2D eigenvalue weighted by atomic mass is 16.2. The predicted molar refractivity (Wildman–Crippen MR) is 49.7 cm³/mol. The molecule has 5 nitrogen and oxygen atoms in total. The summed E-state index contributed by atoms with van der Waals surface area (Å²) < 4.78 is 0. The molecule has 0 radical (unpaired) electrons. The van der Waals surface area contributed by atoms with Crippen molar-refractivity contribution in [1.29, 1.82) is 0 Å². The van der Waals surface area contributed by atoms with E-state index in [2.05, 4.69) is 5.32 Å². The molecule has 0 bridgehead atoms. The van der Waals surface area contributed by atoms with Gasteiger partial charge < -0.3 is 16.8 Å². The second kappa shape index (κ2) is 6.42. The maximum Gasteiger partial charge on any atom is 0.237 e. The van der Waals surface area contributed by atoms with Crippen LogP contribution in [0.3, 0.4) is 0 Å². The highest BCUT2D eigenvalue weighted by Gasteiger charge is 2.14. The fourth-order valence-electron chi connectivity index (χ4n) is 0.829. The topological polar surface area (TPSA) is 98.2 Å². The minimum atomic E-state index is -0.811. The molecule has 0 aliphatic rings. The van der Waals surface area contributed by atoms with Crippen LogP contribution >= 0.6 is 0 Å². The van der Waals surface area contributed by atoms with Gasteiger partial charge in [0.05, 0.1) is 12.5 Å². The summed E-state index contributed by atoms with van der Waals surface area (Å²) in [4.78, 5) is 21.5. The number of nitrogens with two attached hydrogens (primary N) is 2. The van der Waals surface area contributed by atoms with Gasteiger partial charge in [-0.2, -0.15) is 0 Å². The van der Waals surface area contributed by atoms with E-state index < -0.39 is 11.9 Å². The summed E-state index contributed by atoms with van der Waals surface area (Å²) in [5.74, 6) is -0.870. The Bertz CT molecular complexity index is 182. The smallest absolute Gasteiger partial charge is 0.237 e. The van der Waals surface area contributed by atoms with Crippen molar-refractivity contribution in [2.45, 2.75) is 32.2 Å². The number of hydrogen-bond donors (Lipinski definition) is 3. The molecule has 0 fully saturated rings. The molecule has 0 rings (SSSR count). The van der Waals surface area contributed by atoms with Crippen LogP contribution in [-0.4, -0.2) is 24.4 Å². The highest BCUT2D eigenvalue weighted by Crippen LogP contribution is 1.88. The van der Waals surface area contributed by atoms with E-state index >= 15 is 0 Å². The van der Waals surface area contributed by atoms with Crippen LogP contribution in [0, 0.1) is 0 Å². The second-order valence-corrected chi connectivity index (χ2v) is 2.92. The number of unbranched alkanes of at least 4 members (excludes halogenated alkanes) is 1. The van der Waals surface area contributed by atoms with Gasteiger partial charge in [-0.05, 0) is 6.42 Å². The Morgan fingerprint density at radius 1 is 1.46 bits per heavy atom. The first kappa shape index (κ1) is 11.9. The normalized spacial score (nSPS) is 12.2. The van der Waals surface area contributed by atoms with Gasteiger partial charge >= 0.3 is 0 Å². The Hall–Kier alpha value is -1.10. The third-order valence-corrected chi connectivity index (χ3v) is 1.59. The van der Waals surface area contributed by atoms with Crippen LogP contribution in [0.2, 0.25) is 0 Å². The van der Waals surface area contributed by atoms with Crippen LogP contribution in [0.25, 0.3) is 0 Å². The SMILES string of the molecule is CCCCNC(=O)C(N)CC(N)=O. The summed E-state index contributed by atoms with van der Waals surface area (Å²) in [7, 11) is 0. The van der Waals surface area contributed by atoms with Crippen molar-refractivity contribution in [1.82, 2.24) is 5.32 Å². The predicted octanol–water partition coefficient (Wildman–Crippen LogP) is -0.895. The molecule has 5 heteroatoms. The zero-order chi connectivity index (χ0) is 10.3. The Labute approximate surface area is 77.8 Å². The molecule has 0 spiro atoms. The van der Waals surface area contributed by atoms with Gasteiger partial charge in [-0.1, -0.05) is 13.3 Å². The quantitative estimate of drug-likeness (QED) is 0.470. The molecule has 0 saturated carbocycles. The number of rotatable bonds is 6. The molecule has 0 heterocycles. The molecule has 0 aromatic rings. The minimum Gasteiger partial charge on any atom is -0.370 e. The van der Waals surface area contributed by atoms with Gasteiger partial charge in [0.15, 0.2) is 0 Å². The first-order valence-corrected chi connectivity index (χ1v) is 4.39. The molecule has 1 unspecified atom stereocenters. The lowest BCUT2D eigenvalue weighted by molar-refractivity contribution is -0.126. The van der Waals surface area contributed by atoms with Crippen molar-refractivity contribution in [3.63, 3.8) is 0 Å². The summed E-state index contributed by atoms with van der Waals surface area (Å²) in [6, 6.07) is -0.811. The molecule has 0 aromatic carbocycles. The van der Waals surface area contributed by atoms with Crippen LogP contribution < -0.4 is 16.8 Å². The van der Waals surface area contributed by atoms with Crippen LogP contribution in [-0.2, 0) is 9.59 Å². The monoisotopic (exact) mass is 187 g/mol. The lowest BCUT2D eigenvalue weighted by Gasteiger charge is -2.09. The van der Waals surface area contributed by atoms with Crippen LogP contribution in [0.5, 0.6) is 0 Å². The van der Waals surface area contributed by atoms with Crippen LogP contribution in [0.4, 0.5) is 0 Å². The second-order valence-electron chi connectivity index (χ2n) is 2.92. The summed E-state index contributed by atoms with van der Waals surface area (Å²) in [5, 5.41) is 2.62. The molecule has 0 saturated heterocycles. The van der Waals surface area contributed by atoms with E-state index in [9.17, 15) is 9.59 Å². The number of hydrogen-bond acceptors (Lipinski definition) is 3. The molecule has 0 aliphatic heterocycles. The van der Waals surface area contributed by atoms with Crippen molar-refractivity contribution < 1.29 is 9.59 Å². The lowest BCUT2D eigenvalue weighted by Crippen LogP contribution is -2.43. The van der Waals surface area contributed by atoms with E-state index in [0.717, 1.165) is 12.8 Å². The number of nitrogens with one attached hydrogen (secondary N) is 1. The molecule has 0 aromatic heterocycles. The molecule has 0 aliphatic carbocycles. The molecule has 2 amide bonds. The van der Waals surface area contributed by atoms with Crippen molar-refractivity contribution in [2.24, 2.45) is 11.5 Å². The van der Waals surface area contributed by atoms with Crippen LogP contribution in [0.15, 0.2) is 0 Å². The molecular formula is C8H17N3O2. The first-order chi connectivity index (χ1) is 6.07. The third kappa shape index (κ3) is 6.10. The van der Waals surface area contributed by atoms with Crippen molar-refractivity contribution in [3.05, 3.63) is 0 Å². The average Bonchev–Trinajstić information content (AvgIpc) is 2.03. The summed E-state index contributed by atoms with van der Waals surface area (Å²) in [6.45, 7) is 2.62. The van der Waals surface area contributed by atoms with Crippen molar-refractivity contribution in [3.8, 4) is 0 Å². The van der Waals surface area contributed by atoms with Gasteiger partial charge in [0.1, 0.15) is 0 Å². The largest absolute Gasteiger partial charge is 0.370 e. The Kier molecular flexibility index (Phi) is 5.88. The van der Waals surface area contributed by atoms with Gasteiger partial charge in [-0.25, -0.2) is 0 Å². The zero-order valence-electron chi connectivity index (χ0n) is 7.88. The Morgan fingerprint density at radius 3 is 2.54 bits per heavy atom. The zero-order valence-corrected chi connectivity index (χ0v) is 7.88. The number of primary amides is 1. The van der Waals surface area contributed by atoms with Gasteiger partial charge in [0, 0.05) is 6.54 Å². The number of carbonyl (C=O) groups excluding carboxylic acids is 2. The van der Waals surface area contributed by atoms with Gasteiger partial charge in [0.2, 0.25) is 11.8 Å². The minimum absolute atomic E-state index is 0.0992. The summed E-state index contributed by atoms with van der Waals surface area (Å²) in [6.07, 6.45) is 1.82. The Balaban J connectivity index is 3.63. The van der Waals surface area contributed by atoms with E-state index in [1.807, 2.05) is 6.92 Å². The fourth-order valence-corrected chi connectivity index (χ4v) is 0.829. The lowest BCUT2D eigenvalue weighted by atomic mass is 10.2. The van der Waals surface area contributed by atoms with Crippen molar-refractivity contribution in [2.75, 3.05) is 6.54 Å². The fraction of sp³-hybridized carbons (Fsp3) is 0.750. The summed E-state index contributed by atoms with van der Waals surface area (Å²) in [5.41, 5.74) is 10.3. The van der Waals surface area contributed by atoms with E-state index in [1.165, 1.54) is 0 Å². The van der Waals surface area contributed by atoms with Crippen LogP contribution in [0.1, 0.15) is 26.2 Å². The van der Waals surface area contributed by atoms with Gasteiger partial charge in [0.25, 0.3) is 0 Å². The molecule has 13 heavy (non-hydrogen) atoms. The van der Waals surface area contributed by atoms with Crippen molar-refractivity contribution >= 4 is 11.8 Å². The van der Waals surface area contributed by atoms with E-state index in [0.29, 0.717) is 6.54 Å². The standard InChI is InChI=1S/C8H17N3O2/c1-2-3-4-11-8(13)6(9)5-7(10)12/h6H,2-5,9H2,1H3,(H2,10,12)(H,11,13). The van der Waals surface area contributed by atoms with E-state index in [1.54, 1.807) is 0 Å². The molecule has 76 valence electrons. The number of amides is 2. The maximum absolute atomic E-state index is 11.1. The van der Waals surface area contributed by atoms with Gasteiger partial charge in [-0.3, -0.25) is 9.59 Å². The number of carbonyl (C=O) groups is 2. The van der Waals surface area contributed by atoms with E-state index in [-0.39, 0.29) is 12.3 Å². The molecular weight excluding hydrogens is 170 g/mol. The van der Waals surface area contributed by atoms with Gasteiger partial charge in [-0.15, -0.1) is 0 Å². The summed E-state index contributed by atoms with van der Waals surface area (Å²) >= 11 is 0.